The summed E-state index contributed by atoms with van der Waals surface area (Å²) in [6.45, 7) is 0.621. The summed E-state index contributed by atoms with van der Waals surface area (Å²) in [6.07, 6.45) is 2.47. The number of fused-ring (bicyclic) bond motifs is 1. The Kier molecular flexibility index (Phi) is 4.48. The Hall–Kier alpha value is -3.61. The molecule has 146 valence electrons. The lowest BCUT2D eigenvalue weighted by molar-refractivity contribution is 0.414. The molecule has 2 aromatic carbocycles. The van der Waals surface area contributed by atoms with Crippen LogP contribution < -0.4 is 15.4 Å². The van der Waals surface area contributed by atoms with Gasteiger partial charge in [0.05, 0.1) is 12.6 Å². The van der Waals surface area contributed by atoms with Crippen molar-refractivity contribution in [2.24, 2.45) is 0 Å². The lowest BCUT2D eigenvalue weighted by atomic mass is 10.2. The van der Waals surface area contributed by atoms with Gasteiger partial charge >= 0.3 is 0 Å². The molecule has 0 aliphatic heterocycles. The minimum Gasteiger partial charge on any atom is -0.497 e. The molecule has 0 amide bonds. The first-order chi connectivity index (χ1) is 14.3. The van der Waals surface area contributed by atoms with Gasteiger partial charge in [0.1, 0.15) is 11.6 Å². The van der Waals surface area contributed by atoms with E-state index in [0.29, 0.717) is 18.4 Å². The summed E-state index contributed by atoms with van der Waals surface area (Å²) in [4.78, 5) is 9.36. The SMILES string of the molecule is COc1ccc(CNc2nc(Nc3cc(C4CC4)[nH]n3)c3ccccc3n2)cc1. The maximum Gasteiger partial charge on any atom is 0.225 e. The van der Waals surface area contributed by atoms with Crippen LogP contribution in [0.2, 0.25) is 0 Å². The predicted octanol–water partition coefficient (Wildman–Crippen LogP) is 4.59. The summed E-state index contributed by atoms with van der Waals surface area (Å²) in [5, 5.41) is 15.1. The van der Waals surface area contributed by atoms with Crippen LogP contribution >= 0.6 is 0 Å². The second-order valence-electron chi connectivity index (χ2n) is 7.22. The third-order valence-electron chi connectivity index (χ3n) is 5.07. The fourth-order valence-corrected chi connectivity index (χ4v) is 3.30. The van der Waals surface area contributed by atoms with E-state index in [1.165, 1.54) is 18.5 Å². The molecule has 2 aromatic heterocycles. The minimum absolute atomic E-state index is 0.569. The van der Waals surface area contributed by atoms with Gasteiger partial charge in [-0.3, -0.25) is 5.10 Å². The molecule has 2 heterocycles. The van der Waals surface area contributed by atoms with E-state index in [2.05, 4.69) is 31.9 Å². The summed E-state index contributed by atoms with van der Waals surface area (Å²) >= 11 is 0. The van der Waals surface area contributed by atoms with E-state index in [1.54, 1.807) is 7.11 Å². The fraction of sp³-hybridized carbons (Fsp3) is 0.227. The Labute approximate surface area is 168 Å². The normalized spacial score (nSPS) is 13.4. The molecule has 0 spiro atoms. The van der Waals surface area contributed by atoms with Crippen LogP contribution in [0.1, 0.15) is 30.0 Å². The predicted molar refractivity (Wildman–Crippen MR) is 114 cm³/mol. The molecule has 5 rings (SSSR count). The summed E-state index contributed by atoms with van der Waals surface area (Å²) in [5.41, 5.74) is 3.18. The van der Waals surface area contributed by atoms with Gasteiger partial charge in [-0.25, -0.2) is 4.98 Å². The van der Waals surface area contributed by atoms with E-state index < -0.39 is 0 Å². The number of methoxy groups -OCH3 is 1. The van der Waals surface area contributed by atoms with E-state index in [4.69, 9.17) is 9.72 Å². The van der Waals surface area contributed by atoms with Gasteiger partial charge in [-0.15, -0.1) is 0 Å². The Balaban J connectivity index is 1.39. The molecule has 0 radical (unpaired) electrons. The number of hydrogen-bond acceptors (Lipinski definition) is 6. The van der Waals surface area contributed by atoms with Crippen molar-refractivity contribution in [3.05, 3.63) is 65.9 Å². The molecule has 1 saturated carbocycles. The molecule has 7 nitrogen and oxygen atoms in total. The molecule has 4 aromatic rings. The first-order valence-electron chi connectivity index (χ1n) is 9.74. The molecule has 0 unspecified atom stereocenters. The molecule has 1 aliphatic carbocycles. The van der Waals surface area contributed by atoms with Crippen molar-refractivity contribution in [1.29, 1.82) is 0 Å². The van der Waals surface area contributed by atoms with Crippen molar-refractivity contribution in [2.75, 3.05) is 17.7 Å². The molecule has 7 heteroatoms. The zero-order valence-corrected chi connectivity index (χ0v) is 16.1. The molecule has 1 aliphatic rings. The van der Waals surface area contributed by atoms with E-state index in [9.17, 15) is 0 Å². The second kappa shape index (κ2) is 7.43. The van der Waals surface area contributed by atoms with Crippen molar-refractivity contribution in [1.82, 2.24) is 20.2 Å². The van der Waals surface area contributed by atoms with Crippen LogP contribution in [-0.2, 0) is 6.54 Å². The third-order valence-corrected chi connectivity index (χ3v) is 5.07. The number of rotatable bonds is 7. The maximum absolute atomic E-state index is 5.21. The third kappa shape index (κ3) is 3.85. The Morgan fingerprint density at radius 2 is 1.90 bits per heavy atom. The lowest BCUT2D eigenvalue weighted by Gasteiger charge is -2.11. The van der Waals surface area contributed by atoms with E-state index in [1.807, 2.05) is 48.5 Å². The number of nitrogens with one attached hydrogen (secondary N) is 3. The number of aromatic amines is 1. The van der Waals surface area contributed by atoms with Gasteiger partial charge in [0.2, 0.25) is 5.95 Å². The molecular formula is C22H22N6O. The van der Waals surface area contributed by atoms with Crippen LogP contribution in [0.15, 0.2) is 54.6 Å². The van der Waals surface area contributed by atoms with Crippen molar-refractivity contribution < 1.29 is 4.74 Å². The van der Waals surface area contributed by atoms with E-state index in [0.717, 1.165) is 33.9 Å². The highest BCUT2D eigenvalue weighted by Gasteiger charge is 2.25. The second-order valence-corrected chi connectivity index (χ2v) is 7.22. The van der Waals surface area contributed by atoms with Crippen molar-refractivity contribution >= 4 is 28.5 Å². The lowest BCUT2D eigenvalue weighted by Crippen LogP contribution is -2.06. The van der Waals surface area contributed by atoms with Gasteiger partial charge in [-0.2, -0.15) is 10.1 Å². The van der Waals surface area contributed by atoms with Crippen molar-refractivity contribution in [3.8, 4) is 5.75 Å². The standard InChI is InChI=1S/C22H22N6O/c1-29-16-10-6-14(7-11-16)13-23-22-24-18-5-3-2-4-17(18)21(26-22)25-20-12-19(27-28-20)15-8-9-15/h2-7,10-12,15H,8-9,13H2,1H3,(H3,23,24,25,26,27,28). The van der Waals surface area contributed by atoms with Crippen LogP contribution in [-0.4, -0.2) is 27.3 Å². The highest BCUT2D eigenvalue weighted by atomic mass is 16.5. The van der Waals surface area contributed by atoms with Gasteiger partial charge < -0.3 is 15.4 Å². The zero-order valence-electron chi connectivity index (χ0n) is 16.1. The summed E-state index contributed by atoms with van der Waals surface area (Å²) in [6, 6.07) is 18.0. The number of hydrogen-bond donors (Lipinski definition) is 3. The number of anilines is 3. The largest absolute Gasteiger partial charge is 0.497 e. The van der Waals surface area contributed by atoms with E-state index >= 15 is 0 Å². The summed E-state index contributed by atoms with van der Waals surface area (Å²) < 4.78 is 5.21. The number of ether oxygens (including phenoxy) is 1. The van der Waals surface area contributed by atoms with Gasteiger partial charge in [-0.05, 0) is 42.7 Å². The van der Waals surface area contributed by atoms with Gasteiger partial charge in [0.15, 0.2) is 5.82 Å². The van der Waals surface area contributed by atoms with Gasteiger partial charge in [0.25, 0.3) is 0 Å². The Morgan fingerprint density at radius 3 is 2.69 bits per heavy atom. The highest BCUT2D eigenvalue weighted by molar-refractivity contribution is 5.91. The summed E-state index contributed by atoms with van der Waals surface area (Å²) in [5.74, 6) is 3.55. The molecule has 29 heavy (non-hydrogen) atoms. The monoisotopic (exact) mass is 386 g/mol. The number of benzene rings is 2. The quantitative estimate of drug-likeness (QED) is 0.430. The maximum atomic E-state index is 5.21. The Bertz CT molecular complexity index is 1130. The molecular weight excluding hydrogens is 364 g/mol. The Morgan fingerprint density at radius 1 is 1.07 bits per heavy atom. The number of nitrogens with zero attached hydrogens (tertiary/aromatic N) is 3. The van der Waals surface area contributed by atoms with Crippen LogP contribution in [0, 0.1) is 0 Å². The zero-order chi connectivity index (χ0) is 19.6. The molecule has 3 N–H and O–H groups in total. The van der Waals surface area contributed by atoms with Crippen molar-refractivity contribution in [2.45, 2.75) is 25.3 Å². The van der Waals surface area contributed by atoms with Gasteiger partial charge in [0, 0.05) is 29.6 Å². The van der Waals surface area contributed by atoms with Crippen LogP contribution in [0.5, 0.6) is 5.75 Å². The number of H-pyrrole nitrogens is 1. The fourth-order valence-electron chi connectivity index (χ4n) is 3.30. The minimum atomic E-state index is 0.569. The first-order valence-corrected chi connectivity index (χ1v) is 9.74. The summed E-state index contributed by atoms with van der Waals surface area (Å²) in [7, 11) is 1.66. The molecule has 1 fully saturated rings. The van der Waals surface area contributed by atoms with Crippen LogP contribution in [0.4, 0.5) is 17.6 Å². The molecule has 0 atom stereocenters. The smallest absolute Gasteiger partial charge is 0.225 e. The molecule has 0 saturated heterocycles. The molecule has 0 bridgehead atoms. The average Bonchev–Trinajstić information content (AvgIpc) is 3.51. The van der Waals surface area contributed by atoms with Crippen molar-refractivity contribution in [3.63, 3.8) is 0 Å². The number of aromatic nitrogens is 4. The van der Waals surface area contributed by atoms with Crippen LogP contribution in [0.3, 0.4) is 0 Å². The van der Waals surface area contributed by atoms with E-state index in [-0.39, 0.29) is 0 Å². The van der Waals surface area contributed by atoms with Crippen LogP contribution in [0.25, 0.3) is 10.9 Å². The van der Waals surface area contributed by atoms with Gasteiger partial charge in [-0.1, -0.05) is 24.3 Å². The topological polar surface area (TPSA) is 87.8 Å². The first kappa shape index (κ1) is 17.5. The average molecular weight is 386 g/mol. The highest BCUT2D eigenvalue weighted by Crippen LogP contribution is 2.39. The number of para-hydroxylation sites is 1.